The number of hydrogen-bond donors (Lipinski definition) is 0. The molecule has 0 aliphatic rings. The van der Waals surface area contributed by atoms with E-state index in [1.807, 2.05) is 25.1 Å². The molecule has 0 fully saturated rings. The Balaban J connectivity index is 0.00000144. The van der Waals surface area contributed by atoms with E-state index in [1.165, 1.54) is 11.3 Å². The third-order valence-corrected chi connectivity index (χ3v) is 4.62. The summed E-state index contributed by atoms with van der Waals surface area (Å²) in [6.45, 7) is 2.10. The normalized spacial score (nSPS) is 11.4. The average Bonchev–Trinajstić information content (AvgIpc) is 2.71. The molecule has 0 aliphatic heterocycles. The van der Waals surface area contributed by atoms with Gasteiger partial charge in [0.25, 0.3) is 10.1 Å². The molecule has 0 aliphatic carbocycles. The van der Waals surface area contributed by atoms with Crippen LogP contribution in [-0.4, -0.2) is 15.0 Å². The Morgan fingerprint density at radius 2 is 2.06 bits per heavy atom. The van der Waals surface area contributed by atoms with Crippen LogP contribution in [0.1, 0.15) is 14.8 Å². The molecule has 0 radical (unpaired) electrons. The predicted molar refractivity (Wildman–Crippen MR) is 66.4 cm³/mol. The second-order valence-corrected chi connectivity index (χ2v) is 5.87. The van der Waals surface area contributed by atoms with Crippen LogP contribution < -0.4 is 29.6 Å². The van der Waals surface area contributed by atoms with Crippen molar-refractivity contribution >= 4 is 31.5 Å². The Kier molecular flexibility index (Phi) is 5.63. The fraction of sp³-hybridized carbons (Fsp3) is 0.273. The Bertz CT molecular complexity index is 595. The molecule has 88 valence electrons. The predicted octanol–water partition coefficient (Wildman–Crippen LogP) is 0.133. The topological polar surface area (TPSA) is 43.4 Å². The van der Waals surface area contributed by atoms with Crippen molar-refractivity contribution in [2.75, 3.05) is 6.61 Å². The van der Waals surface area contributed by atoms with Gasteiger partial charge in [0.1, 0.15) is 4.90 Å². The van der Waals surface area contributed by atoms with Gasteiger partial charge in [0.05, 0.1) is 6.61 Å². The fourth-order valence-corrected chi connectivity index (χ4v) is 3.87. The summed E-state index contributed by atoms with van der Waals surface area (Å²) in [6.07, 6.45) is 0.682. The maximum atomic E-state index is 11.9. The van der Waals surface area contributed by atoms with Gasteiger partial charge in [0, 0.05) is 15.5 Å². The van der Waals surface area contributed by atoms with Crippen molar-refractivity contribution < 1.29 is 43.6 Å². The smallest absolute Gasteiger partial charge is 1.00 e. The van der Waals surface area contributed by atoms with E-state index in [2.05, 4.69) is 0 Å². The minimum Gasteiger partial charge on any atom is -1.00 e. The van der Waals surface area contributed by atoms with Crippen molar-refractivity contribution in [1.29, 1.82) is 0 Å². The van der Waals surface area contributed by atoms with Crippen LogP contribution >= 0.6 is 11.3 Å². The van der Waals surface area contributed by atoms with Gasteiger partial charge in [0.2, 0.25) is 0 Å². The van der Waals surface area contributed by atoms with Gasteiger partial charge in [-0.15, -0.1) is 11.3 Å². The zero-order valence-electron chi connectivity index (χ0n) is 10.8. The van der Waals surface area contributed by atoms with Crippen molar-refractivity contribution in [2.24, 2.45) is 0 Å². The van der Waals surface area contributed by atoms with Gasteiger partial charge in [-0.3, -0.25) is 4.18 Å². The van der Waals surface area contributed by atoms with Crippen LogP contribution in [-0.2, 0) is 14.3 Å². The fourth-order valence-electron chi connectivity index (χ4n) is 1.40. The molecular weight excluding hydrogens is 267 g/mol. The maximum absolute atomic E-state index is 11.9. The summed E-state index contributed by atoms with van der Waals surface area (Å²) < 4.78 is 29.6. The zero-order chi connectivity index (χ0) is 11.6. The molecule has 0 bridgehead atoms. The summed E-state index contributed by atoms with van der Waals surface area (Å²) in [5.41, 5.74) is 0. The molecule has 3 nitrogen and oxygen atoms in total. The second-order valence-electron chi connectivity index (χ2n) is 3.37. The van der Waals surface area contributed by atoms with Gasteiger partial charge in [-0.25, -0.2) is 0 Å². The third-order valence-electron chi connectivity index (χ3n) is 2.16. The molecule has 17 heavy (non-hydrogen) atoms. The molecule has 2 aromatic rings. The maximum Gasteiger partial charge on any atom is 1.00 e. The van der Waals surface area contributed by atoms with E-state index >= 15 is 0 Å². The molecule has 0 saturated heterocycles. The molecular formula is C11H13NaO3S2. The van der Waals surface area contributed by atoms with Crippen LogP contribution in [0.25, 0.3) is 10.1 Å². The van der Waals surface area contributed by atoms with Crippen molar-refractivity contribution in [1.82, 2.24) is 0 Å². The van der Waals surface area contributed by atoms with Gasteiger partial charge >= 0.3 is 29.6 Å². The van der Waals surface area contributed by atoms with E-state index in [-0.39, 0.29) is 42.5 Å². The van der Waals surface area contributed by atoms with E-state index < -0.39 is 10.1 Å². The number of fused-ring (bicyclic) bond motifs is 1. The quantitative estimate of drug-likeness (QED) is 0.591. The molecule has 6 heteroatoms. The van der Waals surface area contributed by atoms with Crippen molar-refractivity contribution in [2.45, 2.75) is 18.2 Å². The summed E-state index contributed by atoms with van der Waals surface area (Å²) in [5, 5.41) is 2.37. The molecule has 0 N–H and O–H groups in total. The summed E-state index contributed by atoms with van der Waals surface area (Å²) in [4.78, 5) is 0.279. The van der Waals surface area contributed by atoms with Crippen LogP contribution in [0, 0.1) is 0 Å². The van der Waals surface area contributed by atoms with E-state index in [1.54, 1.807) is 11.4 Å². The first-order chi connectivity index (χ1) is 7.65. The largest absolute Gasteiger partial charge is 1.00 e. The first kappa shape index (κ1) is 15.1. The van der Waals surface area contributed by atoms with E-state index in [9.17, 15) is 8.42 Å². The van der Waals surface area contributed by atoms with Crippen LogP contribution in [0.3, 0.4) is 0 Å². The third kappa shape index (κ3) is 3.30. The van der Waals surface area contributed by atoms with Gasteiger partial charge in [-0.2, -0.15) is 8.42 Å². The number of hydrogen-bond acceptors (Lipinski definition) is 4. The zero-order valence-corrected chi connectivity index (χ0v) is 13.5. The molecule has 2 rings (SSSR count). The summed E-state index contributed by atoms with van der Waals surface area (Å²) >= 11 is 1.42. The molecule has 0 atom stereocenters. The molecule has 0 saturated carbocycles. The number of rotatable bonds is 4. The Morgan fingerprint density at radius 1 is 1.35 bits per heavy atom. The SMILES string of the molecule is CCCOS(=O)(=O)c1csc2ccccc12.[H-].[Na+]. The molecule has 0 unspecified atom stereocenters. The van der Waals surface area contributed by atoms with Gasteiger partial charge in [-0.1, -0.05) is 25.1 Å². The minimum atomic E-state index is -3.60. The molecule has 1 aromatic carbocycles. The van der Waals surface area contributed by atoms with E-state index in [0.29, 0.717) is 6.42 Å². The number of thiophene rings is 1. The molecule has 0 spiro atoms. The van der Waals surface area contributed by atoms with Gasteiger partial charge < -0.3 is 1.43 Å². The van der Waals surface area contributed by atoms with Crippen molar-refractivity contribution in [3.63, 3.8) is 0 Å². The second kappa shape index (κ2) is 6.31. The van der Waals surface area contributed by atoms with E-state index in [0.717, 1.165) is 10.1 Å². The van der Waals surface area contributed by atoms with Crippen LogP contribution in [0.2, 0.25) is 0 Å². The van der Waals surface area contributed by atoms with Gasteiger partial charge in [0.15, 0.2) is 0 Å². The summed E-state index contributed by atoms with van der Waals surface area (Å²) in [7, 11) is -3.60. The van der Waals surface area contributed by atoms with Crippen molar-refractivity contribution in [3.8, 4) is 0 Å². The minimum absolute atomic E-state index is 0. The summed E-state index contributed by atoms with van der Waals surface area (Å²) in [5.74, 6) is 0. The Morgan fingerprint density at radius 3 is 2.76 bits per heavy atom. The van der Waals surface area contributed by atoms with E-state index in [4.69, 9.17) is 4.18 Å². The van der Waals surface area contributed by atoms with Crippen LogP contribution in [0.5, 0.6) is 0 Å². The number of benzene rings is 1. The Hall–Kier alpha value is 0.0900. The monoisotopic (exact) mass is 280 g/mol. The van der Waals surface area contributed by atoms with Crippen molar-refractivity contribution in [3.05, 3.63) is 29.6 Å². The first-order valence-electron chi connectivity index (χ1n) is 5.01. The van der Waals surface area contributed by atoms with Gasteiger partial charge in [-0.05, 0) is 12.5 Å². The Labute approximate surface area is 129 Å². The average molecular weight is 280 g/mol. The molecule has 1 aromatic heterocycles. The summed E-state index contributed by atoms with van der Waals surface area (Å²) in [6, 6.07) is 7.42. The molecule has 1 heterocycles. The van der Waals surface area contributed by atoms with Crippen LogP contribution in [0.4, 0.5) is 0 Å². The standard InChI is InChI=1S/C11H12O3S2.Na.H/c1-2-7-14-16(12,13)11-8-15-10-6-4-3-5-9(10)11;;/h3-6,8H,2,7H2,1H3;;/q;+1;-1. The first-order valence-corrected chi connectivity index (χ1v) is 7.29. The van der Waals surface area contributed by atoms with Crippen LogP contribution in [0.15, 0.2) is 34.5 Å². The molecule has 0 amide bonds.